The van der Waals surface area contributed by atoms with Gasteiger partial charge in [-0.1, -0.05) is 0 Å². The lowest BCUT2D eigenvalue weighted by atomic mass is 10.1. The second-order valence-electron chi connectivity index (χ2n) is 5.47. The molecule has 27 heavy (non-hydrogen) atoms. The third-order valence-corrected chi connectivity index (χ3v) is 3.67. The molecule has 2 aromatic carbocycles. The van der Waals surface area contributed by atoms with Gasteiger partial charge in [0.05, 0.1) is 5.69 Å². The molecule has 0 amide bonds. The molecule has 0 aliphatic heterocycles. The van der Waals surface area contributed by atoms with E-state index in [1.54, 1.807) is 0 Å². The molecule has 0 atom stereocenters. The van der Waals surface area contributed by atoms with Gasteiger partial charge in [0.2, 0.25) is 5.95 Å². The van der Waals surface area contributed by atoms with Crippen LogP contribution < -0.4 is 16.2 Å². The number of rotatable bonds is 4. The fourth-order valence-electron chi connectivity index (χ4n) is 2.37. The average molecular weight is 371 g/mol. The lowest BCUT2D eigenvalue weighted by Crippen LogP contribution is -2.05. The maximum Gasteiger partial charge on any atom is 0.222 e. The number of aromatic nitrogens is 2. The molecule has 0 bridgehead atoms. The first kappa shape index (κ1) is 18.0. The lowest BCUT2D eigenvalue weighted by molar-refractivity contribution is 0.284. The highest BCUT2D eigenvalue weighted by molar-refractivity contribution is 5.73. The van der Waals surface area contributed by atoms with Crippen LogP contribution in [-0.4, -0.2) is 9.97 Å². The zero-order chi connectivity index (χ0) is 19.6. The molecule has 0 radical (unpaired) electrons. The third-order valence-electron chi connectivity index (χ3n) is 3.67. The van der Waals surface area contributed by atoms with Crippen molar-refractivity contribution in [1.82, 2.24) is 9.97 Å². The molecule has 136 valence electrons. The Kier molecular flexibility index (Phi) is 4.81. The number of anilines is 2. The minimum atomic E-state index is -0.794. The number of nitrogens with two attached hydrogens (primary N) is 2. The molecular formula is C18H12F3N5O. The summed E-state index contributed by atoms with van der Waals surface area (Å²) in [5.74, 6) is -2.71. The molecule has 0 aliphatic rings. The van der Waals surface area contributed by atoms with E-state index in [1.807, 2.05) is 6.07 Å². The molecule has 3 aromatic rings. The van der Waals surface area contributed by atoms with Crippen LogP contribution >= 0.6 is 0 Å². The van der Waals surface area contributed by atoms with E-state index in [9.17, 15) is 18.4 Å². The summed E-state index contributed by atoms with van der Waals surface area (Å²) in [4.78, 5) is 7.62. The zero-order valence-electron chi connectivity index (χ0n) is 13.7. The summed E-state index contributed by atoms with van der Waals surface area (Å²) in [5.41, 5.74) is 11.5. The standard InChI is InChI=1S/C18H12F3N5O/c19-11-3-1-10(13(20)6-11)8-27-15-4-2-9(5-14(15)21)16-12(7-22)17(23)26-18(24)25-16/h1-6H,8H2,(H4,23,24,25,26). The second kappa shape index (κ2) is 7.21. The Bertz CT molecular complexity index is 1070. The molecule has 3 rings (SSSR count). The van der Waals surface area contributed by atoms with Crippen molar-refractivity contribution in [3.63, 3.8) is 0 Å². The Morgan fingerprint density at radius 2 is 1.78 bits per heavy atom. The topological polar surface area (TPSA) is 111 Å². The summed E-state index contributed by atoms with van der Waals surface area (Å²) in [6, 6.07) is 8.67. The second-order valence-corrected chi connectivity index (χ2v) is 5.47. The van der Waals surface area contributed by atoms with E-state index in [2.05, 4.69) is 9.97 Å². The van der Waals surface area contributed by atoms with Crippen molar-refractivity contribution >= 4 is 11.8 Å². The van der Waals surface area contributed by atoms with Crippen LogP contribution in [0.3, 0.4) is 0 Å². The Hall–Kier alpha value is -3.80. The van der Waals surface area contributed by atoms with Crippen LogP contribution in [0.25, 0.3) is 11.3 Å². The molecule has 0 fully saturated rings. The fourth-order valence-corrected chi connectivity index (χ4v) is 2.37. The molecular weight excluding hydrogens is 359 g/mol. The van der Waals surface area contributed by atoms with E-state index in [1.165, 1.54) is 18.2 Å². The van der Waals surface area contributed by atoms with Crippen LogP contribution in [0.2, 0.25) is 0 Å². The normalized spacial score (nSPS) is 10.4. The summed E-state index contributed by atoms with van der Waals surface area (Å²) < 4.78 is 46.1. The van der Waals surface area contributed by atoms with E-state index in [-0.39, 0.29) is 46.5 Å². The van der Waals surface area contributed by atoms with Crippen LogP contribution in [0, 0.1) is 28.8 Å². The summed E-state index contributed by atoms with van der Waals surface area (Å²) in [7, 11) is 0. The first-order valence-corrected chi connectivity index (χ1v) is 7.58. The van der Waals surface area contributed by atoms with Gasteiger partial charge < -0.3 is 16.2 Å². The number of halogens is 3. The summed E-state index contributed by atoms with van der Waals surface area (Å²) >= 11 is 0. The maximum absolute atomic E-state index is 14.4. The molecule has 0 unspecified atom stereocenters. The highest BCUT2D eigenvalue weighted by Gasteiger charge is 2.15. The summed E-state index contributed by atoms with van der Waals surface area (Å²) in [5, 5.41) is 9.20. The number of hydrogen-bond acceptors (Lipinski definition) is 6. The predicted octanol–water partition coefficient (Wildman–Crippen LogP) is 3.18. The Labute approximate surface area is 151 Å². The van der Waals surface area contributed by atoms with Crippen LogP contribution in [-0.2, 0) is 6.61 Å². The van der Waals surface area contributed by atoms with Crippen LogP contribution in [0.1, 0.15) is 11.1 Å². The van der Waals surface area contributed by atoms with Crippen molar-refractivity contribution < 1.29 is 17.9 Å². The first-order chi connectivity index (χ1) is 12.9. The number of nitrogen functional groups attached to an aromatic ring is 2. The van der Waals surface area contributed by atoms with Gasteiger partial charge in [0.25, 0.3) is 0 Å². The van der Waals surface area contributed by atoms with Gasteiger partial charge in [0, 0.05) is 17.2 Å². The van der Waals surface area contributed by atoms with Gasteiger partial charge in [-0.25, -0.2) is 18.2 Å². The van der Waals surface area contributed by atoms with Gasteiger partial charge in [0.15, 0.2) is 11.6 Å². The monoisotopic (exact) mass is 371 g/mol. The summed E-state index contributed by atoms with van der Waals surface area (Å²) in [6.07, 6.45) is 0. The summed E-state index contributed by atoms with van der Waals surface area (Å²) in [6.45, 7) is -0.292. The Morgan fingerprint density at radius 3 is 2.44 bits per heavy atom. The Morgan fingerprint density at radius 1 is 1.00 bits per heavy atom. The molecule has 0 saturated heterocycles. The van der Waals surface area contributed by atoms with Crippen LogP contribution in [0.4, 0.5) is 24.9 Å². The van der Waals surface area contributed by atoms with Crippen molar-refractivity contribution in [1.29, 1.82) is 5.26 Å². The van der Waals surface area contributed by atoms with E-state index in [0.29, 0.717) is 6.07 Å². The van der Waals surface area contributed by atoms with Crippen molar-refractivity contribution in [2.24, 2.45) is 0 Å². The molecule has 0 spiro atoms. The van der Waals surface area contributed by atoms with Gasteiger partial charge in [-0.15, -0.1) is 0 Å². The van der Waals surface area contributed by atoms with Gasteiger partial charge in [-0.2, -0.15) is 10.2 Å². The van der Waals surface area contributed by atoms with Gasteiger partial charge in [0.1, 0.15) is 35.7 Å². The fraction of sp³-hybridized carbons (Fsp3) is 0.0556. The number of nitriles is 1. The van der Waals surface area contributed by atoms with E-state index in [0.717, 1.165) is 12.1 Å². The molecule has 6 nitrogen and oxygen atoms in total. The van der Waals surface area contributed by atoms with E-state index < -0.39 is 17.5 Å². The van der Waals surface area contributed by atoms with Crippen molar-refractivity contribution in [2.45, 2.75) is 6.61 Å². The average Bonchev–Trinajstić information content (AvgIpc) is 2.61. The van der Waals surface area contributed by atoms with Crippen molar-refractivity contribution in [3.05, 3.63) is 65.0 Å². The number of hydrogen-bond donors (Lipinski definition) is 2. The van der Waals surface area contributed by atoms with Crippen molar-refractivity contribution in [2.75, 3.05) is 11.5 Å². The van der Waals surface area contributed by atoms with Gasteiger partial charge in [-0.3, -0.25) is 0 Å². The van der Waals surface area contributed by atoms with Crippen LogP contribution in [0.5, 0.6) is 5.75 Å². The van der Waals surface area contributed by atoms with E-state index in [4.69, 9.17) is 16.2 Å². The lowest BCUT2D eigenvalue weighted by Gasteiger charge is -2.11. The highest BCUT2D eigenvalue weighted by Crippen LogP contribution is 2.29. The first-order valence-electron chi connectivity index (χ1n) is 7.58. The molecule has 0 saturated carbocycles. The SMILES string of the molecule is N#Cc1c(N)nc(N)nc1-c1ccc(OCc2ccc(F)cc2F)c(F)c1. The van der Waals surface area contributed by atoms with Gasteiger partial charge >= 0.3 is 0 Å². The zero-order valence-corrected chi connectivity index (χ0v) is 13.7. The minimum absolute atomic E-state index is 0.0364. The molecule has 9 heteroatoms. The maximum atomic E-state index is 14.4. The highest BCUT2D eigenvalue weighted by atomic mass is 19.1. The number of ether oxygens (including phenoxy) is 1. The minimum Gasteiger partial charge on any atom is -0.486 e. The van der Waals surface area contributed by atoms with E-state index >= 15 is 0 Å². The molecule has 1 aromatic heterocycles. The van der Waals surface area contributed by atoms with Crippen molar-refractivity contribution in [3.8, 4) is 23.1 Å². The number of nitrogens with zero attached hydrogens (tertiary/aromatic N) is 3. The predicted molar refractivity (Wildman–Crippen MR) is 91.7 cm³/mol. The quantitative estimate of drug-likeness (QED) is 0.729. The van der Waals surface area contributed by atoms with Gasteiger partial charge in [-0.05, 0) is 30.3 Å². The third kappa shape index (κ3) is 3.74. The molecule has 1 heterocycles. The smallest absolute Gasteiger partial charge is 0.222 e. The molecule has 0 aliphatic carbocycles. The number of benzene rings is 2. The largest absolute Gasteiger partial charge is 0.486 e. The Balaban J connectivity index is 1.88. The van der Waals surface area contributed by atoms with Crippen LogP contribution in [0.15, 0.2) is 36.4 Å². The molecule has 4 N–H and O–H groups in total.